The molecule has 0 bridgehead atoms. The van der Waals surface area contributed by atoms with Crippen LogP contribution in [-0.2, 0) is 18.3 Å². The van der Waals surface area contributed by atoms with Gasteiger partial charge in [0, 0.05) is 19.8 Å². The maximum atomic E-state index is 5.84. The second kappa shape index (κ2) is 9.92. The molecule has 2 unspecified atom stereocenters. The Kier molecular flexibility index (Phi) is 8.88. The zero-order valence-corrected chi connectivity index (χ0v) is 13.2. The summed E-state index contributed by atoms with van der Waals surface area (Å²) in [5, 5.41) is 0. The molecule has 0 amide bonds. The van der Waals surface area contributed by atoms with Gasteiger partial charge in [0.2, 0.25) is 0 Å². The molecule has 0 aromatic heterocycles. The summed E-state index contributed by atoms with van der Waals surface area (Å²) in [5.41, 5.74) is 0. The fourth-order valence-electron chi connectivity index (χ4n) is 1.64. The van der Waals surface area contributed by atoms with Crippen molar-refractivity contribution in [2.75, 3.05) is 33.0 Å². The maximum Gasteiger partial charge on any atom is 0.321 e. The van der Waals surface area contributed by atoms with Crippen molar-refractivity contribution in [3.05, 3.63) is 0 Å². The largest absolute Gasteiger partial charge is 0.397 e. The molecule has 1 heterocycles. The van der Waals surface area contributed by atoms with E-state index in [4.69, 9.17) is 18.3 Å². The van der Waals surface area contributed by atoms with Gasteiger partial charge in [-0.3, -0.25) is 0 Å². The van der Waals surface area contributed by atoms with E-state index >= 15 is 0 Å². The average Bonchev–Trinajstić information content (AvgIpc) is 3.16. The minimum Gasteiger partial charge on any atom is -0.397 e. The number of hydrogen-bond acceptors (Lipinski definition) is 4. The minimum atomic E-state index is -1.49. The molecular formula is C13H28O4Si. The van der Waals surface area contributed by atoms with Crippen LogP contribution in [0.5, 0.6) is 0 Å². The highest BCUT2D eigenvalue weighted by Gasteiger charge is 2.23. The monoisotopic (exact) mass is 276 g/mol. The first-order chi connectivity index (χ1) is 8.76. The summed E-state index contributed by atoms with van der Waals surface area (Å²) >= 11 is 0. The number of epoxide rings is 1. The highest BCUT2D eigenvalue weighted by Crippen LogP contribution is 2.13. The maximum absolute atomic E-state index is 5.84. The SMILES string of the molecule is CCCO[SiH](CC(C)COCC1CO1)OCCC. The summed E-state index contributed by atoms with van der Waals surface area (Å²) in [6, 6.07) is 1.03. The Morgan fingerprint density at radius 2 is 1.83 bits per heavy atom. The first-order valence-corrected chi connectivity index (χ1v) is 8.94. The molecule has 0 aromatic carbocycles. The van der Waals surface area contributed by atoms with Crippen molar-refractivity contribution >= 4 is 9.28 Å². The smallest absolute Gasteiger partial charge is 0.321 e. The van der Waals surface area contributed by atoms with E-state index in [1.54, 1.807) is 0 Å². The molecule has 108 valence electrons. The van der Waals surface area contributed by atoms with Crippen LogP contribution in [-0.4, -0.2) is 48.4 Å². The van der Waals surface area contributed by atoms with Crippen LogP contribution in [0.3, 0.4) is 0 Å². The third kappa shape index (κ3) is 8.21. The molecule has 0 radical (unpaired) electrons. The Morgan fingerprint density at radius 1 is 1.22 bits per heavy atom. The Hall–Kier alpha value is 0.0569. The van der Waals surface area contributed by atoms with Crippen LogP contribution in [0.1, 0.15) is 33.6 Å². The van der Waals surface area contributed by atoms with Gasteiger partial charge in [0.05, 0.1) is 13.2 Å². The zero-order valence-electron chi connectivity index (χ0n) is 12.0. The van der Waals surface area contributed by atoms with Gasteiger partial charge in [0.1, 0.15) is 6.10 Å². The van der Waals surface area contributed by atoms with Crippen molar-refractivity contribution in [2.24, 2.45) is 5.92 Å². The van der Waals surface area contributed by atoms with Gasteiger partial charge in [0.15, 0.2) is 0 Å². The molecule has 0 spiro atoms. The second-order valence-corrected chi connectivity index (χ2v) is 7.00. The summed E-state index contributed by atoms with van der Waals surface area (Å²) in [5.74, 6) is 0.508. The van der Waals surface area contributed by atoms with E-state index in [9.17, 15) is 0 Å². The quantitative estimate of drug-likeness (QED) is 0.404. The van der Waals surface area contributed by atoms with Crippen molar-refractivity contribution < 1.29 is 18.3 Å². The van der Waals surface area contributed by atoms with Gasteiger partial charge in [-0.25, -0.2) is 0 Å². The minimum absolute atomic E-state index is 0.359. The first kappa shape index (κ1) is 16.1. The lowest BCUT2D eigenvalue weighted by Crippen LogP contribution is -2.27. The Labute approximate surface area is 113 Å². The molecule has 0 aromatic rings. The molecule has 5 heteroatoms. The molecule has 18 heavy (non-hydrogen) atoms. The summed E-state index contributed by atoms with van der Waals surface area (Å²) in [4.78, 5) is 0. The van der Waals surface area contributed by atoms with Gasteiger partial charge in [-0.1, -0.05) is 20.8 Å². The van der Waals surface area contributed by atoms with Crippen LogP contribution in [0, 0.1) is 5.92 Å². The molecule has 1 saturated heterocycles. The van der Waals surface area contributed by atoms with E-state index < -0.39 is 9.28 Å². The van der Waals surface area contributed by atoms with E-state index in [1.807, 2.05) is 0 Å². The van der Waals surface area contributed by atoms with Gasteiger partial charge in [-0.05, 0) is 24.8 Å². The summed E-state index contributed by atoms with van der Waals surface area (Å²) in [6.07, 6.45) is 2.48. The van der Waals surface area contributed by atoms with Crippen LogP contribution in [0.25, 0.3) is 0 Å². The Balaban J connectivity index is 2.10. The molecule has 1 fully saturated rings. The normalized spacial score (nSPS) is 20.3. The van der Waals surface area contributed by atoms with Crippen molar-refractivity contribution in [3.63, 3.8) is 0 Å². The molecular weight excluding hydrogens is 248 g/mol. The lowest BCUT2D eigenvalue weighted by molar-refractivity contribution is 0.0910. The standard InChI is InChI=1S/C13H28O4Si/c1-4-6-16-18(17-7-5-2)11-12(3)8-14-9-13-10-15-13/h12-13,18H,4-11H2,1-3H3. The molecule has 4 nitrogen and oxygen atoms in total. The van der Waals surface area contributed by atoms with Crippen molar-refractivity contribution in [3.8, 4) is 0 Å². The Morgan fingerprint density at radius 3 is 2.33 bits per heavy atom. The van der Waals surface area contributed by atoms with Crippen LogP contribution < -0.4 is 0 Å². The number of ether oxygens (including phenoxy) is 2. The predicted octanol–water partition coefficient (Wildman–Crippen LogP) is 2.11. The lowest BCUT2D eigenvalue weighted by Gasteiger charge is -2.19. The molecule has 1 aliphatic heterocycles. The average molecular weight is 276 g/mol. The van der Waals surface area contributed by atoms with Gasteiger partial charge in [0.25, 0.3) is 0 Å². The highest BCUT2D eigenvalue weighted by atomic mass is 28.3. The first-order valence-electron chi connectivity index (χ1n) is 7.18. The number of rotatable bonds is 12. The van der Waals surface area contributed by atoms with Crippen molar-refractivity contribution in [1.29, 1.82) is 0 Å². The van der Waals surface area contributed by atoms with E-state index in [-0.39, 0.29) is 0 Å². The van der Waals surface area contributed by atoms with E-state index in [0.29, 0.717) is 12.0 Å². The third-order valence-electron chi connectivity index (χ3n) is 2.72. The van der Waals surface area contributed by atoms with E-state index in [0.717, 1.165) is 51.9 Å². The molecule has 1 aliphatic rings. The molecule has 1 rings (SSSR count). The number of hydrogen-bond donors (Lipinski definition) is 0. The van der Waals surface area contributed by atoms with Gasteiger partial charge < -0.3 is 18.3 Å². The molecule has 0 aliphatic carbocycles. The predicted molar refractivity (Wildman–Crippen MR) is 74.2 cm³/mol. The molecule has 0 N–H and O–H groups in total. The van der Waals surface area contributed by atoms with Crippen LogP contribution in [0.2, 0.25) is 6.04 Å². The van der Waals surface area contributed by atoms with Crippen LogP contribution >= 0.6 is 0 Å². The zero-order chi connectivity index (χ0) is 13.2. The van der Waals surface area contributed by atoms with E-state index in [2.05, 4.69) is 20.8 Å². The van der Waals surface area contributed by atoms with Crippen LogP contribution in [0.15, 0.2) is 0 Å². The summed E-state index contributed by atoms with van der Waals surface area (Å²) in [7, 11) is -1.49. The summed E-state index contributed by atoms with van der Waals surface area (Å²) in [6.45, 7) is 10.5. The van der Waals surface area contributed by atoms with Gasteiger partial charge >= 0.3 is 9.28 Å². The molecule has 0 saturated carbocycles. The second-order valence-electron chi connectivity index (χ2n) is 5.00. The molecule has 2 atom stereocenters. The topological polar surface area (TPSA) is 40.2 Å². The fraction of sp³-hybridized carbons (Fsp3) is 1.00. The van der Waals surface area contributed by atoms with Crippen LogP contribution in [0.4, 0.5) is 0 Å². The lowest BCUT2D eigenvalue weighted by atomic mass is 10.2. The third-order valence-corrected chi connectivity index (χ3v) is 5.12. The highest BCUT2D eigenvalue weighted by molar-refractivity contribution is 6.44. The van der Waals surface area contributed by atoms with Gasteiger partial charge in [-0.2, -0.15) is 0 Å². The van der Waals surface area contributed by atoms with Gasteiger partial charge in [-0.15, -0.1) is 0 Å². The summed E-state index contributed by atoms with van der Waals surface area (Å²) < 4.78 is 22.4. The van der Waals surface area contributed by atoms with Crippen molar-refractivity contribution in [2.45, 2.75) is 45.8 Å². The Bertz CT molecular complexity index is 191. The fourth-order valence-corrected chi connectivity index (χ4v) is 3.80. The van der Waals surface area contributed by atoms with Crippen molar-refractivity contribution in [1.82, 2.24) is 0 Å². The van der Waals surface area contributed by atoms with E-state index in [1.165, 1.54) is 0 Å².